The molecule has 0 atom stereocenters. The number of halogens is 1. The summed E-state index contributed by atoms with van der Waals surface area (Å²) < 4.78 is 24.6. The summed E-state index contributed by atoms with van der Waals surface area (Å²) in [5, 5.41) is 7.42. The lowest BCUT2D eigenvalue weighted by atomic mass is 10.1. The molecule has 0 aromatic heterocycles. The van der Waals surface area contributed by atoms with Gasteiger partial charge in [0.1, 0.15) is 28.9 Å². The van der Waals surface area contributed by atoms with Crippen LogP contribution in [0.5, 0.6) is 17.2 Å². The minimum atomic E-state index is -0.587. The van der Waals surface area contributed by atoms with Crippen LogP contribution in [0, 0.1) is 11.2 Å². The maximum atomic E-state index is 13.7. The number of nitrogens with one attached hydrogen (secondary N) is 1. The van der Waals surface area contributed by atoms with E-state index in [1.807, 2.05) is 6.92 Å². The first-order valence-electron chi connectivity index (χ1n) is 6.15. The van der Waals surface area contributed by atoms with Gasteiger partial charge < -0.3 is 15.2 Å². The Morgan fingerprint density at radius 3 is 2.60 bits per heavy atom. The molecule has 3 N–H and O–H groups in total. The minimum Gasteiger partial charge on any atom is -0.494 e. The molecule has 0 aliphatic heterocycles. The molecule has 0 fully saturated rings. The maximum Gasteiger partial charge on any atom is 0.141 e. The van der Waals surface area contributed by atoms with Gasteiger partial charge in [0.05, 0.1) is 12.2 Å². The fourth-order valence-corrected chi connectivity index (χ4v) is 1.77. The zero-order chi connectivity index (χ0) is 14.5. The van der Waals surface area contributed by atoms with E-state index in [0.717, 1.165) is 0 Å². The van der Waals surface area contributed by atoms with E-state index < -0.39 is 5.82 Å². The Kier molecular flexibility index (Phi) is 4.20. The third-order valence-corrected chi connectivity index (χ3v) is 2.59. The molecule has 0 aliphatic rings. The average Bonchev–Trinajstić information content (AvgIpc) is 2.39. The Hall–Kier alpha value is -2.56. The monoisotopic (exact) mass is 274 g/mol. The smallest absolute Gasteiger partial charge is 0.141 e. The first-order valence-corrected chi connectivity index (χ1v) is 6.15. The summed E-state index contributed by atoms with van der Waals surface area (Å²) in [4.78, 5) is 0. The number of nitrogen functional groups attached to an aromatic ring is 1. The van der Waals surface area contributed by atoms with Gasteiger partial charge in [-0.15, -0.1) is 0 Å². The van der Waals surface area contributed by atoms with Crippen LogP contribution < -0.4 is 15.2 Å². The molecule has 104 valence electrons. The Morgan fingerprint density at radius 1 is 1.20 bits per heavy atom. The van der Waals surface area contributed by atoms with E-state index in [4.69, 9.17) is 20.6 Å². The highest BCUT2D eigenvalue weighted by Gasteiger charge is 2.13. The van der Waals surface area contributed by atoms with Crippen molar-refractivity contribution in [1.29, 1.82) is 5.41 Å². The molecule has 0 bridgehead atoms. The second-order valence-corrected chi connectivity index (χ2v) is 4.04. The highest BCUT2D eigenvalue weighted by molar-refractivity contribution is 5.98. The molecule has 0 saturated heterocycles. The zero-order valence-electron chi connectivity index (χ0n) is 11.0. The molecule has 5 heteroatoms. The van der Waals surface area contributed by atoms with Crippen molar-refractivity contribution in [1.82, 2.24) is 0 Å². The molecule has 0 spiro atoms. The third-order valence-electron chi connectivity index (χ3n) is 2.59. The van der Waals surface area contributed by atoms with Gasteiger partial charge in [0.25, 0.3) is 0 Å². The molecule has 2 aromatic carbocycles. The van der Waals surface area contributed by atoms with Gasteiger partial charge in [0, 0.05) is 6.07 Å². The van der Waals surface area contributed by atoms with Gasteiger partial charge in [-0.25, -0.2) is 4.39 Å². The summed E-state index contributed by atoms with van der Waals surface area (Å²) in [6, 6.07) is 11.3. The van der Waals surface area contributed by atoms with E-state index >= 15 is 0 Å². The second kappa shape index (κ2) is 6.06. The van der Waals surface area contributed by atoms with E-state index in [2.05, 4.69) is 0 Å². The standard InChI is InChI=1S/C15H15FN2O2/c1-2-19-10-5-3-6-11(9-10)20-13-8-4-7-12(16)14(13)15(17)18/h3-9H,2H2,1H3,(H3,17,18). The van der Waals surface area contributed by atoms with Gasteiger partial charge in [-0.3, -0.25) is 5.41 Å². The fraction of sp³-hybridized carbons (Fsp3) is 0.133. The number of benzene rings is 2. The Morgan fingerprint density at radius 2 is 1.90 bits per heavy atom. The second-order valence-electron chi connectivity index (χ2n) is 4.04. The highest BCUT2D eigenvalue weighted by atomic mass is 19.1. The Bertz CT molecular complexity index is 629. The number of rotatable bonds is 5. The van der Waals surface area contributed by atoms with Crippen LogP contribution in [0.2, 0.25) is 0 Å². The number of hydrogen-bond donors (Lipinski definition) is 2. The summed E-state index contributed by atoms with van der Waals surface area (Å²) in [6.07, 6.45) is 0. The molecule has 0 radical (unpaired) electrons. The molecule has 0 saturated carbocycles. The van der Waals surface area contributed by atoms with Crippen molar-refractivity contribution in [2.45, 2.75) is 6.92 Å². The van der Waals surface area contributed by atoms with Gasteiger partial charge in [0.2, 0.25) is 0 Å². The first kappa shape index (κ1) is 13.9. The van der Waals surface area contributed by atoms with Gasteiger partial charge in [-0.1, -0.05) is 12.1 Å². The minimum absolute atomic E-state index is 0.0469. The van der Waals surface area contributed by atoms with Crippen LogP contribution in [0.25, 0.3) is 0 Å². The van der Waals surface area contributed by atoms with Crippen LogP contribution >= 0.6 is 0 Å². The van der Waals surface area contributed by atoms with Crippen LogP contribution in [0.3, 0.4) is 0 Å². The van der Waals surface area contributed by atoms with E-state index in [9.17, 15) is 4.39 Å². The first-order chi connectivity index (χ1) is 9.61. The zero-order valence-corrected chi connectivity index (χ0v) is 11.0. The molecule has 20 heavy (non-hydrogen) atoms. The average molecular weight is 274 g/mol. The lowest BCUT2D eigenvalue weighted by molar-refractivity contribution is 0.338. The van der Waals surface area contributed by atoms with Crippen molar-refractivity contribution < 1.29 is 13.9 Å². The predicted octanol–water partition coefficient (Wildman–Crippen LogP) is 3.30. The number of hydrogen-bond acceptors (Lipinski definition) is 3. The maximum absolute atomic E-state index is 13.7. The predicted molar refractivity (Wildman–Crippen MR) is 75.1 cm³/mol. The van der Waals surface area contributed by atoms with Crippen molar-refractivity contribution in [3.05, 3.63) is 53.8 Å². The topological polar surface area (TPSA) is 68.3 Å². The van der Waals surface area contributed by atoms with E-state index in [-0.39, 0.29) is 17.1 Å². The summed E-state index contributed by atoms with van der Waals surface area (Å²) in [7, 11) is 0. The van der Waals surface area contributed by atoms with Crippen molar-refractivity contribution in [2.24, 2.45) is 5.73 Å². The number of ether oxygens (including phenoxy) is 2. The van der Waals surface area contributed by atoms with Crippen molar-refractivity contribution >= 4 is 5.84 Å². The van der Waals surface area contributed by atoms with Crippen LogP contribution in [-0.4, -0.2) is 12.4 Å². The number of amidine groups is 1. The van der Waals surface area contributed by atoms with E-state index in [1.165, 1.54) is 12.1 Å². The molecule has 2 rings (SSSR count). The quantitative estimate of drug-likeness (QED) is 0.649. The summed E-state index contributed by atoms with van der Waals surface area (Å²) in [5.74, 6) is 0.385. The third kappa shape index (κ3) is 3.06. The molecule has 0 heterocycles. The van der Waals surface area contributed by atoms with Gasteiger partial charge in [-0.2, -0.15) is 0 Å². The SMILES string of the molecule is CCOc1cccc(Oc2cccc(F)c2C(=N)N)c1. The van der Waals surface area contributed by atoms with Crippen molar-refractivity contribution in [3.8, 4) is 17.2 Å². The van der Waals surface area contributed by atoms with Gasteiger partial charge in [0.15, 0.2) is 0 Å². The van der Waals surface area contributed by atoms with E-state index in [1.54, 1.807) is 30.3 Å². The Labute approximate surface area is 116 Å². The molecule has 4 nitrogen and oxygen atoms in total. The van der Waals surface area contributed by atoms with Gasteiger partial charge >= 0.3 is 0 Å². The molecule has 0 amide bonds. The highest BCUT2D eigenvalue weighted by Crippen LogP contribution is 2.29. The molecule has 2 aromatic rings. The van der Waals surface area contributed by atoms with Gasteiger partial charge in [-0.05, 0) is 31.2 Å². The van der Waals surface area contributed by atoms with E-state index in [0.29, 0.717) is 18.1 Å². The van der Waals surface area contributed by atoms with Crippen molar-refractivity contribution in [3.63, 3.8) is 0 Å². The normalized spacial score (nSPS) is 10.1. The number of nitrogens with two attached hydrogens (primary N) is 1. The molecular formula is C15H15FN2O2. The van der Waals surface area contributed by atoms with Crippen LogP contribution in [0.1, 0.15) is 12.5 Å². The summed E-state index contributed by atoms with van der Waals surface area (Å²) >= 11 is 0. The Balaban J connectivity index is 2.32. The van der Waals surface area contributed by atoms with Crippen LogP contribution in [0.15, 0.2) is 42.5 Å². The lowest BCUT2D eigenvalue weighted by Crippen LogP contribution is -2.14. The largest absolute Gasteiger partial charge is 0.494 e. The molecule has 0 aliphatic carbocycles. The van der Waals surface area contributed by atoms with Crippen molar-refractivity contribution in [2.75, 3.05) is 6.61 Å². The summed E-state index contributed by atoms with van der Waals surface area (Å²) in [5.41, 5.74) is 5.34. The molecular weight excluding hydrogens is 259 g/mol. The summed E-state index contributed by atoms with van der Waals surface area (Å²) in [6.45, 7) is 2.43. The molecule has 0 unspecified atom stereocenters. The van der Waals surface area contributed by atoms with Crippen LogP contribution in [0.4, 0.5) is 4.39 Å². The fourth-order valence-electron chi connectivity index (χ4n) is 1.77. The lowest BCUT2D eigenvalue weighted by Gasteiger charge is -2.12. The van der Waals surface area contributed by atoms with Crippen LogP contribution in [-0.2, 0) is 0 Å².